The Morgan fingerprint density at radius 3 is 2.25 bits per heavy atom. The molecule has 0 saturated heterocycles. The molecule has 1 fully saturated rings. The molecule has 0 radical (unpaired) electrons. The zero-order valence-corrected chi connectivity index (χ0v) is 9.39. The van der Waals surface area contributed by atoms with Crippen LogP contribution in [-0.2, 0) is 6.61 Å². The third-order valence-electron chi connectivity index (χ3n) is 3.20. The van der Waals surface area contributed by atoms with Crippen molar-refractivity contribution in [3.63, 3.8) is 0 Å². The van der Waals surface area contributed by atoms with Gasteiger partial charge in [-0.25, -0.2) is 0 Å². The van der Waals surface area contributed by atoms with Crippen LogP contribution in [0.15, 0.2) is 24.3 Å². The molecule has 3 heteroatoms. The molecule has 0 atom stereocenters. The molecule has 3 nitrogen and oxygen atoms in total. The first-order valence-corrected chi connectivity index (χ1v) is 5.92. The van der Waals surface area contributed by atoms with Crippen LogP contribution in [0.5, 0.6) is 0 Å². The summed E-state index contributed by atoms with van der Waals surface area (Å²) < 4.78 is 0. The number of anilines is 1. The lowest BCUT2D eigenvalue weighted by Crippen LogP contribution is -2.28. The van der Waals surface area contributed by atoms with E-state index in [9.17, 15) is 5.11 Å². The predicted octanol–water partition coefficient (Wildman–Crippen LogP) is 1.89. The molecule has 1 aromatic carbocycles. The van der Waals surface area contributed by atoms with Crippen LogP contribution in [0.2, 0.25) is 0 Å². The normalized spacial score (nSPS) is 25.4. The molecule has 3 N–H and O–H groups in total. The minimum atomic E-state index is -0.102. The van der Waals surface area contributed by atoms with Gasteiger partial charge in [0.05, 0.1) is 12.7 Å². The summed E-state index contributed by atoms with van der Waals surface area (Å²) in [6.07, 6.45) is 3.75. The summed E-state index contributed by atoms with van der Waals surface area (Å²) >= 11 is 0. The van der Waals surface area contributed by atoms with Gasteiger partial charge in [-0.2, -0.15) is 0 Å². The Morgan fingerprint density at radius 2 is 1.69 bits per heavy atom. The highest BCUT2D eigenvalue weighted by molar-refractivity contribution is 5.45. The van der Waals surface area contributed by atoms with E-state index < -0.39 is 0 Å². The predicted molar refractivity (Wildman–Crippen MR) is 64.3 cm³/mol. The van der Waals surface area contributed by atoms with Crippen molar-refractivity contribution in [3.05, 3.63) is 29.8 Å². The van der Waals surface area contributed by atoms with Crippen molar-refractivity contribution in [2.75, 3.05) is 5.32 Å². The van der Waals surface area contributed by atoms with Crippen molar-refractivity contribution >= 4 is 5.69 Å². The third kappa shape index (κ3) is 2.97. The first kappa shape index (κ1) is 11.4. The standard InChI is InChI=1S/C13H19NO2/c15-9-10-1-3-11(4-2-10)14-12-5-7-13(16)8-6-12/h1-4,12-16H,5-9H2. The minimum absolute atomic E-state index is 0.0932. The minimum Gasteiger partial charge on any atom is -0.393 e. The van der Waals surface area contributed by atoms with Gasteiger partial charge >= 0.3 is 0 Å². The number of benzene rings is 1. The molecule has 1 aliphatic carbocycles. The van der Waals surface area contributed by atoms with Crippen LogP contribution in [0, 0.1) is 0 Å². The summed E-state index contributed by atoms with van der Waals surface area (Å²) in [5.41, 5.74) is 2.03. The SMILES string of the molecule is OCc1ccc(NC2CCC(O)CC2)cc1. The molecule has 0 spiro atoms. The quantitative estimate of drug-likeness (QED) is 0.730. The van der Waals surface area contributed by atoms with E-state index in [2.05, 4.69) is 5.32 Å². The Hall–Kier alpha value is -1.06. The van der Waals surface area contributed by atoms with Crippen molar-refractivity contribution in [3.8, 4) is 0 Å². The topological polar surface area (TPSA) is 52.5 Å². The largest absolute Gasteiger partial charge is 0.393 e. The number of nitrogens with one attached hydrogen (secondary N) is 1. The molecule has 1 aromatic rings. The van der Waals surface area contributed by atoms with Crippen LogP contribution >= 0.6 is 0 Å². The Morgan fingerprint density at radius 1 is 1.06 bits per heavy atom. The fraction of sp³-hybridized carbons (Fsp3) is 0.538. The number of aliphatic hydroxyl groups excluding tert-OH is 2. The molecule has 0 heterocycles. The van der Waals surface area contributed by atoms with Gasteiger partial charge in [0.25, 0.3) is 0 Å². The molecular weight excluding hydrogens is 202 g/mol. The van der Waals surface area contributed by atoms with Gasteiger partial charge < -0.3 is 15.5 Å². The van der Waals surface area contributed by atoms with Crippen LogP contribution in [0.25, 0.3) is 0 Å². The fourth-order valence-electron chi connectivity index (χ4n) is 2.16. The van der Waals surface area contributed by atoms with E-state index in [0.29, 0.717) is 6.04 Å². The highest BCUT2D eigenvalue weighted by Crippen LogP contribution is 2.22. The van der Waals surface area contributed by atoms with Crippen molar-refractivity contribution in [1.82, 2.24) is 0 Å². The number of rotatable bonds is 3. The van der Waals surface area contributed by atoms with E-state index in [4.69, 9.17) is 5.11 Å². The molecular formula is C13H19NO2. The maximum Gasteiger partial charge on any atom is 0.0681 e. The van der Waals surface area contributed by atoms with E-state index in [1.807, 2.05) is 24.3 Å². The summed E-state index contributed by atoms with van der Waals surface area (Å²) in [6, 6.07) is 8.33. The monoisotopic (exact) mass is 221 g/mol. The number of aliphatic hydroxyl groups is 2. The lowest BCUT2D eigenvalue weighted by Gasteiger charge is -2.27. The maximum atomic E-state index is 9.41. The number of hydrogen-bond acceptors (Lipinski definition) is 3. The van der Waals surface area contributed by atoms with Crippen LogP contribution in [-0.4, -0.2) is 22.4 Å². The molecule has 0 amide bonds. The summed E-state index contributed by atoms with van der Waals surface area (Å²) in [4.78, 5) is 0. The van der Waals surface area contributed by atoms with Gasteiger partial charge in [0.2, 0.25) is 0 Å². The summed E-state index contributed by atoms with van der Waals surface area (Å²) in [5.74, 6) is 0. The third-order valence-corrected chi connectivity index (χ3v) is 3.20. The Bertz CT molecular complexity index is 315. The zero-order chi connectivity index (χ0) is 11.4. The van der Waals surface area contributed by atoms with Crippen LogP contribution in [0.3, 0.4) is 0 Å². The van der Waals surface area contributed by atoms with Gasteiger partial charge in [-0.15, -0.1) is 0 Å². The smallest absolute Gasteiger partial charge is 0.0681 e. The van der Waals surface area contributed by atoms with Crippen molar-refractivity contribution in [2.45, 2.75) is 44.4 Å². The number of hydrogen-bond donors (Lipinski definition) is 3. The molecule has 1 saturated carbocycles. The van der Waals surface area contributed by atoms with Crippen molar-refractivity contribution < 1.29 is 10.2 Å². The summed E-state index contributed by atoms with van der Waals surface area (Å²) in [7, 11) is 0. The van der Waals surface area contributed by atoms with E-state index in [-0.39, 0.29) is 12.7 Å². The van der Waals surface area contributed by atoms with Gasteiger partial charge in [-0.1, -0.05) is 12.1 Å². The zero-order valence-electron chi connectivity index (χ0n) is 9.39. The van der Waals surface area contributed by atoms with E-state index in [0.717, 1.165) is 36.9 Å². The van der Waals surface area contributed by atoms with E-state index in [1.54, 1.807) is 0 Å². The summed E-state index contributed by atoms with van der Waals surface area (Å²) in [5, 5.41) is 21.8. The van der Waals surface area contributed by atoms with Crippen LogP contribution in [0.1, 0.15) is 31.2 Å². The second-order valence-electron chi connectivity index (χ2n) is 4.50. The molecule has 1 aliphatic rings. The fourth-order valence-corrected chi connectivity index (χ4v) is 2.16. The van der Waals surface area contributed by atoms with Crippen LogP contribution in [0.4, 0.5) is 5.69 Å². The van der Waals surface area contributed by atoms with Gasteiger partial charge in [0.1, 0.15) is 0 Å². The van der Waals surface area contributed by atoms with E-state index in [1.165, 1.54) is 0 Å². The molecule has 16 heavy (non-hydrogen) atoms. The average molecular weight is 221 g/mol. The lowest BCUT2D eigenvalue weighted by atomic mass is 9.93. The molecule has 2 rings (SSSR count). The first-order chi connectivity index (χ1) is 7.78. The van der Waals surface area contributed by atoms with Gasteiger partial charge in [-0.3, -0.25) is 0 Å². The van der Waals surface area contributed by atoms with Crippen molar-refractivity contribution in [2.24, 2.45) is 0 Å². The highest BCUT2D eigenvalue weighted by atomic mass is 16.3. The molecule has 0 aromatic heterocycles. The van der Waals surface area contributed by atoms with Gasteiger partial charge in [0.15, 0.2) is 0 Å². The Balaban J connectivity index is 1.88. The first-order valence-electron chi connectivity index (χ1n) is 5.92. The highest BCUT2D eigenvalue weighted by Gasteiger charge is 2.18. The van der Waals surface area contributed by atoms with Gasteiger partial charge in [-0.05, 0) is 43.4 Å². The summed E-state index contributed by atoms with van der Waals surface area (Å²) in [6.45, 7) is 0.0932. The Kier molecular flexibility index (Phi) is 3.80. The average Bonchev–Trinajstić information content (AvgIpc) is 2.33. The van der Waals surface area contributed by atoms with E-state index >= 15 is 0 Å². The molecule has 0 unspecified atom stereocenters. The van der Waals surface area contributed by atoms with Crippen LogP contribution < -0.4 is 5.32 Å². The Labute approximate surface area is 96.1 Å². The second-order valence-corrected chi connectivity index (χ2v) is 4.50. The molecule has 88 valence electrons. The maximum absolute atomic E-state index is 9.41. The lowest BCUT2D eigenvalue weighted by molar-refractivity contribution is 0.126. The second kappa shape index (κ2) is 5.32. The molecule has 0 aliphatic heterocycles. The van der Waals surface area contributed by atoms with Crippen molar-refractivity contribution in [1.29, 1.82) is 0 Å². The van der Waals surface area contributed by atoms with Gasteiger partial charge in [0, 0.05) is 11.7 Å². The molecule has 0 bridgehead atoms.